The predicted molar refractivity (Wildman–Crippen MR) is 108 cm³/mol. The smallest absolute Gasteiger partial charge is 0.261 e. The van der Waals surface area contributed by atoms with Crippen molar-refractivity contribution in [2.75, 3.05) is 43.2 Å². The average Bonchev–Trinajstić information content (AvgIpc) is 3.38. The molecule has 9 heteroatoms. The van der Waals surface area contributed by atoms with Gasteiger partial charge >= 0.3 is 0 Å². The number of piperidine rings is 1. The first-order valence-electron chi connectivity index (χ1n) is 9.72. The Morgan fingerprint density at radius 2 is 2.25 bits per heavy atom. The van der Waals surface area contributed by atoms with Gasteiger partial charge in [0.1, 0.15) is 9.71 Å². The number of hydrogen-bond donors (Lipinski definition) is 2. The first kappa shape index (κ1) is 17.7. The molecule has 5 heterocycles. The highest BCUT2D eigenvalue weighted by atomic mass is 32.1. The molecule has 8 nitrogen and oxygen atoms in total. The van der Waals surface area contributed by atoms with Crippen molar-refractivity contribution in [3.8, 4) is 0 Å². The van der Waals surface area contributed by atoms with Crippen LogP contribution in [-0.2, 0) is 9.53 Å². The fraction of sp³-hybridized carbons (Fsp3) is 0.526. The highest BCUT2D eigenvalue weighted by Crippen LogP contribution is 2.44. The second-order valence-electron chi connectivity index (χ2n) is 7.63. The van der Waals surface area contributed by atoms with Gasteiger partial charge in [0.2, 0.25) is 5.91 Å². The van der Waals surface area contributed by atoms with Crippen LogP contribution < -0.4 is 16.0 Å². The molecule has 28 heavy (non-hydrogen) atoms. The summed E-state index contributed by atoms with van der Waals surface area (Å²) in [6.07, 6.45) is 4.47. The lowest BCUT2D eigenvalue weighted by atomic mass is 9.99. The van der Waals surface area contributed by atoms with Gasteiger partial charge in [0.15, 0.2) is 0 Å². The number of nitrogens with zero attached hydrogens (tertiary/aromatic N) is 3. The summed E-state index contributed by atoms with van der Waals surface area (Å²) in [7, 11) is 0. The van der Waals surface area contributed by atoms with Crippen LogP contribution in [0.15, 0.2) is 12.3 Å². The Morgan fingerprint density at radius 1 is 1.36 bits per heavy atom. The number of hydrogen-bond acceptors (Lipinski definition) is 7. The van der Waals surface area contributed by atoms with E-state index in [9.17, 15) is 9.59 Å². The molecule has 2 amide bonds. The third-order valence-corrected chi connectivity index (χ3v) is 7.05. The number of primary amides is 1. The number of ether oxygens (including phenoxy) is 1. The van der Waals surface area contributed by atoms with Crippen LogP contribution in [0, 0.1) is 5.92 Å². The largest absolute Gasteiger partial charge is 0.381 e. The van der Waals surface area contributed by atoms with Gasteiger partial charge in [0.05, 0.1) is 30.3 Å². The number of aromatic nitrogens is 1. The summed E-state index contributed by atoms with van der Waals surface area (Å²) >= 11 is 1.34. The molecule has 0 unspecified atom stereocenters. The van der Waals surface area contributed by atoms with Crippen molar-refractivity contribution in [1.82, 2.24) is 9.88 Å². The van der Waals surface area contributed by atoms with Crippen molar-refractivity contribution >= 4 is 44.7 Å². The molecule has 0 saturated carbocycles. The normalized spacial score (nSPS) is 24.4. The van der Waals surface area contributed by atoms with Gasteiger partial charge in [-0.05, 0) is 25.3 Å². The van der Waals surface area contributed by atoms with E-state index in [1.165, 1.54) is 11.3 Å². The number of thiophene rings is 1. The van der Waals surface area contributed by atoms with Crippen LogP contribution >= 0.6 is 11.3 Å². The number of pyridine rings is 1. The van der Waals surface area contributed by atoms with Crippen LogP contribution in [0.3, 0.4) is 0 Å². The summed E-state index contributed by atoms with van der Waals surface area (Å²) in [5.41, 5.74) is 7.55. The fourth-order valence-electron chi connectivity index (χ4n) is 4.55. The molecule has 0 radical (unpaired) electrons. The molecule has 5 rings (SSSR count). The van der Waals surface area contributed by atoms with Gasteiger partial charge in [0.25, 0.3) is 5.91 Å². The lowest BCUT2D eigenvalue weighted by molar-refractivity contribution is -0.136. The number of carbonyl (C=O) groups is 2. The van der Waals surface area contributed by atoms with E-state index in [-0.39, 0.29) is 17.9 Å². The number of carbonyl (C=O) groups excluding carboxylic acids is 2. The Balaban J connectivity index is 1.47. The molecule has 3 aliphatic heterocycles. The van der Waals surface area contributed by atoms with Crippen molar-refractivity contribution in [1.29, 1.82) is 0 Å². The summed E-state index contributed by atoms with van der Waals surface area (Å²) in [5.74, 6) is -0.250. The van der Waals surface area contributed by atoms with E-state index in [0.717, 1.165) is 47.4 Å². The lowest BCUT2D eigenvalue weighted by Crippen LogP contribution is -2.53. The van der Waals surface area contributed by atoms with Crippen LogP contribution in [0.5, 0.6) is 0 Å². The van der Waals surface area contributed by atoms with E-state index in [1.807, 2.05) is 11.0 Å². The molecule has 0 aromatic carbocycles. The maximum atomic E-state index is 12.9. The molecular weight excluding hydrogens is 378 g/mol. The first-order valence-corrected chi connectivity index (χ1v) is 10.5. The first-order chi connectivity index (χ1) is 13.6. The highest BCUT2D eigenvalue weighted by molar-refractivity contribution is 7.21. The molecule has 2 aromatic heterocycles. The Bertz CT molecular complexity index is 939. The fourth-order valence-corrected chi connectivity index (χ4v) is 5.59. The summed E-state index contributed by atoms with van der Waals surface area (Å²) in [6, 6.07) is 2.06. The quantitative estimate of drug-likeness (QED) is 0.810. The maximum Gasteiger partial charge on any atom is 0.261 e. The van der Waals surface area contributed by atoms with Gasteiger partial charge in [-0.1, -0.05) is 0 Å². The standard InChI is InChI=1S/C19H23N5O3S/c20-17(25)16-15-14-13(3-5-21-18(14)28-16)22-10-24(15)12-2-1-6-23(8-12)19(26)11-4-7-27-9-11/h3,5,11-12,22H,1-2,4,6-10H2,(H2,20,25)/t11-,12+/m0/s1. The van der Waals surface area contributed by atoms with Crippen LogP contribution in [0.25, 0.3) is 10.2 Å². The SMILES string of the molecule is NC(=O)c1sc2nccc3c2c1N([C@@H]1CCCN(C(=O)[C@H]2CCOC2)C1)CN3. The van der Waals surface area contributed by atoms with E-state index < -0.39 is 5.91 Å². The molecule has 0 spiro atoms. The zero-order valence-corrected chi connectivity index (χ0v) is 16.3. The van der Waals surface area contributed by atoms with Gasteiger partial charge in [-0.25, -0.2) is 4.98 Å². The van der Waals surface area contributed by atoms with Crippen molar-refractivity contribution in [3.63, 3.8) is 0 Å². The minimum Gasteiger partial charge on any atom is -0.381 e. The number of rotatable bonds is 3. The average molecular weight is 401 g/mol. The molecule has 2 atom stereocenters. The number of amides is 2. The van der Waals surface area contributed by atoms with Gasteiger partial charge in [0, 0.05) is 37.6 Å². The second kappa shape index (κ2) is 6.89. The maximum absolute atomic E-state index is 12.9. The Kier molecular flexibility index (Phi) is 4.36. The summed E-state index contributed by atoms with van der Waals surface area (Å²) < 4.78 is 5.40. The summed E-state index contributed by atoms with van der Waals surface area (Å²) in [4.78, 5) is 35.0. The predicted octanol–water partition coefficient (Wildman–Crippen LogP) is 1.61. The number of anilines is 2. The van der Waals surface area contributed by atoms with E-state index in [1.54, 1.807) is 6.20 Å². The third-order valence-electron chi connectivity index (χ3n) is 5.95. The van der Waals surface area contributed by atoms with Crippen molar-refractivity contribution < 1.29 is 14.3 Å². The van der Waals surface area contributed by atoms with E-state index >= 15 is 0 Å². The van der Waals surface area contributed by atoms with Gasteiger partial charge in [-0.2, -0.15) is 0 Å². The molecule has 2 saturated heterocycles. The molecule has 0 bridgehead atoms. The topological polar surface area (TPSA) is 101 Å². The molecular formula is C19H23N5O3S. The van der Waals surface area contributed by atoms with Crippen LogP contribution in [0.1, 0.15) is 28.9 Å². The Labute approximate surface area is 166 Å². The highest BCUT2D eigenvalue weighted by Gasteiger charge is 2.36. The molecule has 0 aliphatic carbocycles. The van der Waals surface area contributed by atoms with Gasteiger partial charge in [-0.3, -0.25) is 9.59 Å². The van der Waals surface area contributed by atoms with Crippen molar-refractivity contribution in [2.45, 2.75) is 25.3 Å². The van der Waals surface area contributed by atoms with E-state index in [4.69, 9.17) is 10.5 Å². The van der Waals surface area contributed by atoms with Gasteiger partial charge in [-0.15, -0.1) is 11.3 Å². The van der Waals surface area contributed by atoms with Crippen LogP contribution in [0.2, 0.25) is 0 Å². The van der Waals surface area contributed by atoms with Crippen molar-refractivity contribution in [2.24, 2.45) is 11.7 Å². The van der Waals surface area contributed by atoms with Crippen molar-refractivity contribution in [3.05, 3.63) is 17.1 Å². The van der Waals surface area contributed by atoms with Crippen LogP contribution in [-0.4, -0.2) is 60.7 Å². The lowest BCUT2D eigenvalue weighted by Gasteiger charge is -2.42. The summed E-state index contributed by atoms with van der Waals surface area (Å²) in [5, 5.41) is 4.40. The monoisotopic (exact) mass is 401 g/mol. The second-order valence-corrected chi connectivity index (χ2v) is 8.63. The zero-order chi connectivity index (χ0) is 19.3. The summed E-state index contributed by atoms with van der Waals surface area (Å²) in [6.45, 7) is 3.22. The molecule has 148 valence electrons. The van der Waals surface area contributed by atoms with Crippen LogP contribution in [0.4, 0.5) is 11.4 Å². The number of nitrogens with two attached hydrogens (primary N) is 1. The molecule has 2 aromatic rings. The van der Waals surface area contributed by atoms with E-state index in [0.29, 0.717) is 31.3 Å². The molecule has 3 aliphatic rings. The molecule has 2 fully saturated rings. The zero-order valence-electron chi connectivity index (χ0n) is 15.5. The number of likely N-dealkylation sites (tertiary alicyclic amines) is 1. The minimum absolute atomic E-state index is 0.0165. The Hall–Kier alpha value is -2.39. The Morgan fingerprint density at radius 3 is 3.04 bits per heavy atom. The van der Waals surface area contributed by atoms with Gasteiger partial charge < -0.3 is 25.6 Å². The number of nitrogens with one attached hydrogen (secondary N) is 1. The van der Waals surface area contributed by atoms with E-state index in [2.05, 4.69) is 15.2 Å². The third kappa shape index (κ3) is 2.80. The molecule has 3 N–H and O–H groups in total. The minimum atomic E-state index is -0.428.